The molecule has 0 saturated heterocycles. The van der Waals surface area contributed by atoms with Gasteiger partial charge >= 0.3 is 0 Å². The summed E-state index contributed by atoms with van der Waals surface area (Å²) >= 11 is 0. The molecule has 4 aromatic heterocycles. The van der Waals surface area contributed by atoms with Crippen LogP contribution >= 0.6 is 0 Å². The molecule has 0 saturated carbocycles. The number of aromatic amines is 1. The summed E-state index contributed by atoms with van der Waals surface area (Å²) in [6, 6.07) is 51.8. The first-order valence-corrected chi connectivity index (χ1v) is 16.9. The van der Waals surface area contributed by atoms with Gasteiger partial charge < -0.3 is 14.1 Å². The average molecular weight is 656 g/mol. The van der Waals surface area contributed by atoms with E-state index in [4.69, 9.17) is 9.98 Å². The summed E-state index contributed by atoms with van der Waals surface area (Å²) in [6.45, 7) is 0. The maximum Gasteiger partial charge on any atom is 0.229 e. The molecule has 51 heavy (non-hydrogen) atoms. The summed E-state index contributed by atoms with van der Waals surface area (Å²) in [6.07, 6.45) is 3.71. The number of para-hydroxylation sites is 4. The molecule has 0 unspecified atom stereocenters. The van der Waals surface area contributed by atoms with Crippen molar-refractivity contribution in [3.8, 4) is 22.6 Å². The number of amidine groups is 1. The standard InChI is InChI=1S/C44H29N7/c45-43(49-44-47-35-20-8-4-17-32(35)41(48-44)28-13-2-1-3-14-28)34-19-7-11-23-38(34)51-36-21-9-5-16-30(36)31-24-25-39-40(42(31)51)33-18-6-10-22-37(33)50(39)29-15-12-26-46-27-29/h1-27H,(H2,45,47,48,49). The second kappa shape index (κ2) is 11.5. The van der Waals surface area contributed by atoms with Crippen LogP contribution in [-0.4, -0.2) is 29.9 Å². The van der Waals surface area contributed by atoms with E-state index in [0.717, 1.165) is 77.1 Å². The van der Waals surface area contributed by atoms with Crippen LogP contribution in [0.1, 0.15) is 5.56 Å². The Bertz CT molecular complexity index is 3040. The average Bonchev–Trinajstić information content (AvgIpc) is 3.71. The molecular formula is C44H29N7. The number of rotatable bonds is 4. The molecule has 7 heteroatoms. The summed E-state index contributed by atoms with van der Waals surface area (Å²) in [5.41, 5.74) is 9.97. The van der Waals surface area contributed by atoms with E-state index in [1.165, 1.54) is 0 Å². The second-order valence-electron chi connectivity index (χ2n) is 12.6. The van der Waals surface area contributed by atoms with Crippen molar-refractivity contribution in [2.45, 2.75) is 0 Å². The van der Waals surface area contributed by atoms with E-state index in [1.807, 2.05) is 79.0 Å². The highest BCUT2D eigenvalue weighted by Gasteiger charge is 2.22. The molecule has 2 N–H and O–H groups in total. The van der Waals surface area contributed by atoms with E-state index in [1.54, 1.807) is 6.20 Å². The lowest BCUT2D eigenvalue weighted by atomic mass is 10.1. The maximum absolute atomic E-state index is 9.47. The first-order valence-electron chi connectivity index (χ1n) is 16.9. The van der Waals surface area contributed by atoms with Gasteiger partial charge in [-0.15, -0.1) is 0 Å². The molecule has 0 aliphatic carbocycles. The molecule has 0 aliphatic rings. The Morgan fingerprint density at radius 2 is 1.29 bits per heavy atom. The van der Waals surface area contributed by atoms with Crippen LogP contribution < -0.4 is 5.62 Å². The Labute approximate surface area is 292 Å². The van der Waals surface area contributed by atoms with Gasteiger partial charge in [0.1, 0.15) is 0 Å². The van der Waals surface area contributed by atoms with Crippen molar-refractivity contribution in [1.29, 1.82) is 5.41 Å². The zero-order chi connectivity index (χ0) is 33.9. The van der Waals surface area contributed by atoms with Crippen molar-refractivity contribution in [1.82, 2.24) is 24.1 Å². The van der Waals surface area contributed by atoms with Crippen LogP contribution in [-0.2, 0) is 0 Å². The Kier molecular flexibility index (Phi) is 6.50. The van der Waals surface area contributed by atoms with Gasteiger partial charge in [0.05, 0.1) is 50.8 Å². The maximum atomic E-state index is 9.47. The number of pyridine rings is 1. The quantitative estimate of drug-likeness (QED) is 0.146. The third kappa shape index (κ3) is 4.52. The van der Waals surface area contributed by atoms with Crippen LogP contribution in [0.25, 0.3) is 77.1 Å². The van der Waals surface area contributed by atoms with E-state index in [0.29, 0.717) is 11.2 Å². The molecule has 0 amide bonds. The minimum Gasteiger partial charge on any atom is -0.323 e. The van der Waals surface area contributed by atoms with Crippen LogP contribution in [0.3, 0.4) is 0 Å². The van der Waals surface area contributed by atoms with Crippen LogP contribution in [0.5, 0.6) is 0 Å². The van der Waals surface area contributed by atoms with Crippen molar-refractivity contribution in [3.05, 3.63) is 175 Å². The Morgan fingerprint density at radius 3 is 2.12 bits per heavy atom. The minimum absolute atomic E-state index is 0.111. The van der Waals surface area contributed by atoms with Gasteiger partial charge in [-0.1, -0.05) is 103 Å². The molecule has 10 aromatic rings. The van der Waals surface area contributed by atoms with E-state index in [2.05, 4.69) is 98.0 Å². The molecule has 6 aromatic carbocycles. The fraction of sp³-hybridized carbons (Fsp3) is 0. The van der Waals surface area contributed by atoms with Crippen LogP contribution in [0, 0.1) is 5.41 Å². The van der Waals surface area contributed by atoms with Gasteiger partial charge in [-0.3, -0.25) is 10.4 Å². The molecule has 0 aliphatic heterocycles. The summed E-state index contributed by atoms with van der Waals surface area (Å²) < 4.78 is 4.59. The lowest BCUT2D eigenvalue weighted by Crippen LogP contribution is -2.17. The second-order valence-corrected chi connectivity index (χ2v) is 12.6. The van der Waals surface area contributed by atoms with Gasteiger partial charge in [0.25, 0.3) is 0 Å². The number of nitrogens with zero attached hydrogens (tertiary/aromatic N) is 5. The molecule has 4 heterocycles. The van der Waals surface area contributed by atoms with Crippen molar-refractivity contribution >= 4 is 60.4 Å². The Hall–Kier alpha value is -7.12. The Morgan fingerprint density at radius 1 is 0.588 bits per heavy atom. The van der Waals surface area contributed by atoms with E-state index < -0.39 is 0 Å². The van der Waals surface area contributed by atoms with E-state index in [-0.39, 0.29) is 5.84 Å². The summed E-state index contributed by atoms with van der Waals surface area (Å²) in [4.78, 5) is 17.6. The predicted octanol–water partition coefficient (Wildman–Crippen LogP) is 9.75. The highest BCUT2D eigenvalue weighted by atomic mass is 15.0. The molecule has 7 nitrogen and oxygen atoms in total. The topological polar surface area (TPSA) is 87.6 Å². The summed E-state index contributed by atoms with van der Waals surface area (Å²) in [5.74, 6) is 0.111. The van der Waals surface area contributed by atoms with Crippen molar-refractivity contribution in [2.24, 2.45) is 4.99 Å². The van der Waals surface area contributed by atoms with E-state index in [9.17, 15) is 5.41 Å². The minimum atomic E-state index is 0.111. The van der Waals surface area contributed by atoms with Gasteiger partial charge in [0.2, 0.25) is 5.62 Å². The normalized spacial score (nSPS) is 12.1. The lowest BCUT2D eigenvalue weighted by molar-refractivity contribution is 1.05. The number of H-pyrrole nitrogens is 1. The van der Waals surface area contributed by atoms with Gasteiger partial charge in [-0.25, -0.2) is 4.98 Å². The molecular weight excluding hydrogens is 627 g/mol. The van der Waals surface area contributed by atoms with Crippen molar-refractivity contribution in [3.63, 3.8) is 0 Å². The molecule has 0 spiro atoms. The highest BCUT2D eigenvalue weighted by Crippen LogP contribution is 2.42. The van der Waals surface area contributed by atoms with Crippen molar-refractivity contribution in [2.75, 3.05) is 0 Å². The molecule has 10 rings (SSSR count). The Balaban J connectivity index is 1.25. The molecule has 0 radical (unpaired) electrons. The highest BCUT2D eigenvalue weighted by molar-refractivity contribution is 6.26. The molecule has 0 atom stereocenters. The van der Waals surface area contributed by atoms with Gasteiger partial charge in [0, 0.05) is 44.3 Å². The smallest absolute Gasteiger partial charge is 0.229 e. The third-order valence-electron chi connectivity index (χ3n) is 9.69. The number of fused-ring (bicyclic) bond motifs is 8. The first kappa shape index (κ1) is 28.9. The third-order valence-corrected chi connectivity index (χ3v) is 9.69. The fourth-order valence-corrected chi connectivity index (χ4v) is 7.54. The van der Waals surface area contributed by atoms with Gasteiger partial charge in [-0.05, 0) is 48.5 Å². The fourth-order valence-electron chi connectivity index (χ4n) is 7.54. The van der Waals surface area contributed by atoms with Crippen LogP contribution in [0.2, 0.25) is 0 Å². The largest absolute Gasteiger partial charge is 0.323 e. The monoisotopic (exact) mass is 655 g/mol. The van der Waals surface area contributed by atoms with Gasteiger partial charge in [-0.2, -0.15) is 4.99 Å². The molecule has 0 fully saturated rings. The van der Waals surface area contributed by atoms with Crippen LogP contribution in [0.15, 0.2) is 169 Å². The van der Waals surface area contributed by atoms with Crippen molar-refractivity contribution < 1.29 is 0 Å². The first-order chi connectivity index (χ1) is 25.2. The molecule has 240 valence electrons. The number of hydrogen-bond donors (Lipinski definition) is 2. The number of nitrogens with one attached hydrogen (secondary N) is 2. The number of aromatic nitrogens is 5. The zero-order valence-corrected chi connectivity index (χ0v) is 27.3. The van der Waals surface area contributed by atoms with Gasteiger partial charge in [0.15, 0.2) is 5.84 Å². The molecule has 0 bridgehead atoms. The lowest BCUT2D eigenvalue weighted by Gasteiger charge is -2.14. The predicted molar refractivity (Wildman–Crippen MR) is 207 cm³/mol. The number of benzene rings is 6. The summed E-state index contributed by atoms with van der Waals surface area (Å²) in [5, 5.41) is 15.0. The zero-order valence-electron chi connectivity index (χ0n) is 27.3. The van der Waals surface area contributed by atoms with Crippen LogP contribution in [0.4, 0.5) is 0 Å². The van der Waals surface area contributed by atoms with E-state index >= 15 is 0 Å². The number of hydrogen-bond acceptors (Lipinski definition) is 3. The summed E-state index contributed by atoms with van der Waals surface area (Å²) in [7, 11) is 0. The SMILES string of the molecule is N=C(N=c1nc(-c2ccccc2)c2ccccc2[nH]1)c1ccccc1-n1c2ccccc2c2ccc3c(c4ccccc4n3-c3cccnc3)c21.